The molecule has 3 aromatic carbocycles. The molecule has 4 fully saturated rings. The van der Waals surface area contributed by atoms with Crippen LogP contribution < -0.4 is 15.9 Å². The van der Waals surface area contributed by atoms with Gasteiger partial charge in [0.1, 0.15) is 36.3 Å². The van der Waals surface area contributed by atoms with E-state index in [1.54, 1.807) is 30.3 Å². The van der Waals surface area contributed by atoms with Crippen molar-refractivity contribution in [1.29, 1.82) is 0 Å². The molecule has 12 nitrogen and oxygen atoms in total. The summed E-state index contributed by atoms with van der Waals surface area (Å²) in [5.74, 6) is -3.19. The highest BCUT2D eigenvalue weighted by atomic mass is 16.2. The Morgan fingerprint density at radius 1 is 0.509 bits per heavy atom. The molecule has 7 rings (SSSR count). The van der Waals surface area contributed by atoms with Gasteiger partial charge in [-0.1, -0.05) is 91.0 Å². The molecule has 0 bridgehead atoms. The molecule has 6 amide bonds. The van der Waals surface area contributed by atoms with Crippen molar-refractivity contribution in [3.05, 3.63) is 108 Å². The van der Waals surface area contributed by atoms with Gasteiger partial charge in [0.15, 0.2) is 1.41 Å². The lowest BCUT2D eigenvalue weighted by molar-refractivity contribution is -0.149. The second-order valence-electron chi connectivity index (χ2n) is 14.4. The van der Waals surface area contributed by atoms with E-state index in [0.717, 1.165) is 11.1 Å². The molecule has 4 aliphatic rings. The summed E-state index contributed by atoms with van der Waals surface area (Å²) in [6.07, 6.45) is 2.93. The first kappa shape index (κ1) is 34.6. The number of hydrogen-bond donors (Lipinski definition) is 3. The van der Waals surface area contributed by atoms with Gasteiger partial charge in [-0.25, -0.2) is 0 Å². The summed E-state index contributed by atoms with van der Waals surface area (Å²) in [7, 11) is 0. The average Bonchev–Trinajstić information content (AvgIpc) is 3.99. The van der Waals surface area contributed by atoms with Crippen LogP contribution in [0.4, 0.5) is 0 Å². The molecule has 0 spiro atoms. The summed E-state index contributed by atoms with van der Waals surface area (Å²) < 4.78 is 9.27. The van der Waals surface area contributed by atoms with E-state index in [-0.39, 0.29) is 31.8 Å². The minimum Gasteiger partial charge on any atom is -0.342 e. The molecule has 3 N–H and O–H groups in total. The Hall–Kier alpha value is -5.52. The molecule has 4 aliphatic heterocycles. The standard InChI is InChI=1S/C41H46N6O6/c48-36-30(25-27-13-4-1-5-14-27)42-37(49)32-19-10-22-45(32)39(51)31(26-28-15-6-2-7-16-28)43-38(50)33-20-11-23-46(33)40(52)34-21-12-24-47(34)41(53)35(44-36)29-17-8-3-9-18-29/h1-9,13-18,30-35H,10-12,19-26H2,(H,42,49)(H,43,50)(H,44,48)/t30-,31-,32+,33+,34+,35+/m1/s1/i/hD. The molecule has 53 heavy (non-hydrogen) atoms. The normalized spacial score (nSPS) is 27.7. The maximum absolute atomic E-state index is 14.6. The van der Waals surface area contributed by atoms with E-state index in [4.69, 9.17) is 0 Å². The van der Waals surface area contributed by atoms with Gasteiger partial charge < -0.3 is 30.6 Å². The summed E-state index contributed by atoms with van der Waals surface area (Å²) >= 11 is 0. The second-order valence-corrected chi connectivity index (χ2v) is 14.4. The number of nitrogens with zero attached hydrogens (tertiary/aromatic N) is 3. The van der Waals surface area contributed by atoms with Crippen LogP contribution in [0, 0.1) is 0 Å². The fourth-order valence-corrected chi connectivity index (χ4v) is 8.20. The maximum atomic E-state index is 14.6. The average molecular weight is 720 g/mol. The highest BCUT2D eigenvalue weighted by Crippen LogP contribution is 2.29. The van der Waals surface area contributed by atoms with E-state index in [1.807, 2.05) is 60.7 Å². The topological polar surface area (TPSA) is 148 Å². The summed E-state index contributed by atoms with van der Waals surface area (Å²) in [6, 6.07) is 20.5. The maximum Gasteiger partial charge on any atom is 0.250 e. The molecule has 4 heterocycles. The van der Waals surface area contributed by atoms with E-state index in [0.29, 0.717) is 55.9 Å². The van der Waals surface area contributed by atoms with Crippen LogP contribution in [0.5, 0.6) is 0 Å². The Morgan fingerprint density at radius 2 is 0.943 bits per heavy atom. The minimum absolute atomic E-state index is 0.0328. The molecule has 0 unspecified atom stereocenters. The van der Waals surface area contributed by atoms with Crippen molar-refractivity contribution in [3.8, 4) is 0 Å². The Bertz CT molecular complexity index is 1870. The first-order valence-electron chi connectivity index (χ1n) is 19.1. The van der Waals surface area contributed by atoms with Crippen LogP contribution >= 0.6 is 0 Å². The smallest absolute Gasteiger partial charge is 0.250 e. The number of rotatable bonds is 5. The van der Waals surface area contributed by atoms with E-state index in [9.17, 15) is 30.2 Å². The van der Waals surface area contributed by atoms with Crippen LogP contribution in [0.25, 0.3) is 0 Å². The molecular weight excluding hydrogens is 672 g/mol. The molecule has 12 heteroatoms. The molecule has 4 saturated heterocycles. The highest BCUT2D eigenvalue weighted by molar-refractivity contribution is 5.99. The lowest BCUT2D eigenvalue weighted by Gasteiger charge is -2.35. The van der Waals surface area contributed by atoms with Crippen molar-refractivity contribution in [2.24, 2.45) is 0 Å². The number of carbonyl (C=O) groups excluding carboxylic acids is 6. The van der Waals surface area contributed by atoms with Crippen molar-refractivity contribution >= 4 is 35.4 Å². The third-order valence-electron chi connectivity index (χ3n) is 10.9. The minimum atomic E-state index is -1.41. The second kappa shape index (κ2) is 16.0. The number of benzene rings is 3. The summed E-state index contributed by atoms with van der Waals surface area (Å²) in [6.45, 7) is 0.824. The van der Waals surface area contributed by atoms with Gasteiger partial charge in [-0.05, 0) is 55.2 Å². The van der Waals surface area contributed by atoms with Gasteiger partial charge in [0.05, 0.1) is 0 Å². The zero-order valence-corrected chi connectivity index (χ0v) is 29.6. The Balaban J connectivity index is 1.30. The van der Waals surface area contributed by atoms with Crippen molar-refractivity contribution in [2.75, 3.05) is 19.6 Å². The first-order chi connectivity index (χ1) is 26.2. The van der Waals surface area contributed by atoms with Crippen molar-refractivity contribution in [3.63, 3.8) is 0 Å². The fourth-order valence-electron chi connectivity index (χ4n) is 8.20. The molecule has 0 aliphatic carbocycles. The van der Waals surface area contributed by atoms with Gasteiger partial charge in [-0.3, -0.25) is 28.8 Å². The lowest BCUT2D eigenvalue weighted by atomic mass is 10.0. The quantitative estimate of drug-likeness (QED) is 0.369. The first-order valence-corrected chi connectivity index (χ1v) is 18.7. The van der Waals surface area contributed by atoms with Crippen molar-refractivity contribution < 1.29 is 30.2 Å². The zero-order valence-electron chi connectivity index (χ0n) is 30.6. The van der Waals surface area contributed by atoms with Crippen LogP contribution in [0.1, 0.15) is 61.3 Å². The third-order valence-corrected chi connectivity index (χ3v) is 10.9. The lowest BCUT2D eigenvalue weighted by Crippen LogP contribution is -2.60. The fraction of sp³-hybridized carbons (Fsp3) is 0.415. The van der Waals surface area contributed by atoms with Crippen molar-refractivity contribution in [1.82, 2.24) is 30.6 Å². The van der Waals surface area contributed by atoms with Gasteiger partial charge in [-0.2, -0.15) is 0 Å². The number of carbonyl (C=O) groups is 6. The Morgan fingerprint density at radius 3 is 1.49 bits per heavy atom. The van der Waals surface area contributed by atoms with E-state index >= 15 is 0 Å². The molecule has 6 atom stereocenters. The monoisotopic (exact) mass is 719 g/mol. The zero-order chi connectivity index (χ0) is 37.8. The molecule has 0 saturated carbocycles. The third kappa shape index (κ3) is 7.81. The van der Waals surface area contributed by atoms with Crippen LogP contribution in [-0.2, 0) is 41.6 Å². The number of fused-ring (bicyclic) bond motifs is 3. The molecular formula is C41H46N6O6. The summed E-state index contributed by atoms with van der Waals surface area (Å²) in [5.41, 5.74) is 1.93. The van der Waals surface area contributed by atoms with E-state index in [2.05, 4.69) is 10.6 Å². The molecule has 0 aromatic heterocycles. The highest BCUT2D eigenvalue weighted by Gasteiger charge is 2.46. The van der Waals surface area contributed by atoms with Crippen LogP contribution in [0.3, 0.4) is 0 Å². The van der Waals surface area contributed by atoms with Crippen LogP contribution in [0.15, 0.2) is 91.0 Å². The van der Waals surface area contributed by atoms with Gasteiger partial charge in [0.2, 0.25) is 35.4 Å². The number of hydrogen-bond acceptors (Lipinski definition) is 6. The number of nitrogens with one attached hydrogen (secondary N) is 3. The van der Waals surface area contributed by atoms with Gasteiger partial charge in [0, 0.05) is 32.5 Å². The predicted molar refractivity (Wildman–Crippen MR) is 196 cm³/mol. The molecule has 276 valence electrons. The predicted octanol–water partition coefficient (Wildman–Crippen LogP) is 2.29. The Labute approximate surface area is 310 Å². The van der Waals surface area contributed by atoms with Crippen LogP contribution in [-0.4, -0.2) is 100.0 Å². The van der Waals surface area contributed by atoms with Gasteiger partial charge in [0.25, 0.3) is 0 Å². The van der Waals surface area contributed by atoms with Gasteiger partial charge in [-0.15, -0.1) is 0 Å². The molecule has 3 aromatic rings. The number of amides is 6. The largest absolute Gasteiger partial charge is 0.342 e. The summed E-state index contributed by atoms with van der Waals surface area (Å²) in [4.78, 5) is 90.7. The molecule has 0 radical (unpaired) electrons. The Kier molecular flexibility index (Phi) is 10.4. The van der Waals surface area contributed by atoms with E-state index in [1.165, 1.54) is 14.7 Å². The van der Waals surface area contributed by atoms with Crippen LogP contribution in [0.2, 0.25) is 1.41 Å². The summed E-state index contributed by atoms with van der Waals surface area (Å²) in [5, 5.41) is 6.47. The van der Waals surface area contributed by atoms with Gasteiger partial charge >= 0.3 is 0 Å². The van der Waals surface area contributed by atoms with Crippen molar-refractivity contribution in [2.45, 2.75) is 87.6 Å². The SMILES string of the molecule is [2H]N1C(=O)[C@@H](Cc2ccccc2)NC(=O)[C@@H]2CCCN2C(=O)[C@@H](Cc2ccccc2)NC(=O)[C@@H]2CCCN2C(=O)[C@@H]2CCCN2C(=O)[C@@H]1c1ccccc1. The van der Waals surface area contributed by atoms with E-state index < -0.39 is 65.8 Å².